The SMILES string of the molecule is O=C(C=c1[nH]c(=O)c(=Cc2cccc(F)c2)s1)c1ccc(Cl)cc1. The van der Waals surface area contributed by atoms with Crippen LogP contribution in [0.1, 0.15) is 15.9 Å². The minimum Gasteiger partial charge on any atom is -0.313 e. The van der Waals surface area contributed by atoms with Crippen LogP contribution in [0.5, 0.6) is 0 Å². The smallest absolute Gasteiger partial charge is 0.266 e. The van der Waals surface area contributed by atoms with E-state index in [0.29, 0.717) is 25.3 Å². The molecule has 3 rings (SSSR count). The van der Waals surface area contributed by atoms with Crippen molar-refractivity contribution in [3.05, 3.63) is 90.0 Å². The molecule has 0 aliphatic heterocycles. The van der Waals surface area contributed by atoms with Gasteiger partial charge in [0.05, 0.1) is 9.20 Å². The number of carbonyl (C=O) groups is 1. The average Bonchev–Trinajstić information content (AvgIpc) is 2.87. The summed E-state index contributed by atoms with van der Waals surface area (Å²) in [5, 5.41) is 0.545. The maximum absolute atomic E-state index is 13.2. The summed E-state index contributed by atoms with van der Waals surface area (Å²) >= 11 is 6.93. The summed E-state index contributed by atoms with van der Waals surface area (Å²) in [6.45, 7) is 0. The summed E-state index contributed by atoms with van der Waals surface area (Å²) < 4.78 is 14.0. The van der Waals surface area contributed by atoms with E-state index < -0.39 is 0 Å². The van der Waals surface area contributed by atoms with Crippen molar-refractivity contribution < 1.29 is 9.18 Å². The Hall–Kier alpha value is -2.50. The Labute approximate surface area is 145 Å². The first kappa shape index (κ1) is 16.4. The van der Waals surface area contributed by atoms with E-state index in [4.69, 9.17) is 11.6 Å². The van der Waals surface area contributed by atoms with E-state index in [1.54, 1.807) is 42.5 Å². The second-order valence-corrected chi connectivity index (χ2v) is 6.52. The van der Waals surface area contributed by atoms with Gasteiger partial charge in [-0.05, 0) is 48.0 Å². The number of aromatic amines is 1. The number of H-pyrrole nitrogens is 1. The quantitative estimate of drug-likeness (QED) is 0.731. The van der Waals surface area contributed by atoms with Crippen LogP contribution in [0.15, 0.2) is 53.3 Å². The third-order valence-corrected chi connectivity index (χ3v) is 4.43. The van der Waals surface area contributed by atoms with Gasteiger partial charge in [0.15, 0.2) is 5.78 Å². The van der Waals surface area contributed by atoms with Crippen LogP contribution in [0.2, 0.25) is 5.02 Å². The predicted molar refractivity (Wildman–Crippen MR) is 94.4 cm³/mol. The molecule has 0 saturated carbocycles. The van der Waals surface area contributed by atoms with Crippen molar-refractivity contribution in [1.29, 1.82) is 0 Å². The van der Waals surface area contributed by atoms with Crippen LogP contribution >= 0.6 is 22.9 Å². The molecule has 24 heavy (non-hydrogen) atoms. The van der Waals surface area contributed by atoms with Crippen molar-refractivity contribution in [2.45, 2.75) is 0 Å². The van der Waals surface area contributed by atoms with E-state index in [0.717, 1.165) is 11.3 Å². The number of aromatic nitrogens is 1. The average molecular weight is 360 g/mol. The van der Waals surface area contributed by atoms with Crippen molar-refractivity contribution >= 4 is 40.9 Å². The van der Waals surface area contributed by atoms with E-state index in [1.165, 1.54) is 18.2 Å². The predicted octanol–water partition coefficient (Wildman–Crippen LogP) is 2.72. The van der Waals surface area contributed by atoms with Crippen molar-refractivity contribution in [2.75, 3.05) is 0 Å². The van der Waals surface area contributed by atoms with Crippen LogP contribution in [-0.2, 0) is 0 Å². The third kappa shape index (κ3) is 3.88. The molecule has 120 valence electrons. The highest BCUT2D eigenvalue weighted by molar-refractivity contribution is 7.07. The second-order valence-electron chi connectivity index (χ2n) is 5.00. The molecule has 1 heterocycles. The van der Waals surface area contributed by atoms with Gasteiger partial charge in [0.2, 0.25) is 0 Å². The summed E-state index contributed by atoms with van der Waals surface area (Å²) in [5.41, 5.74) is 0.738. The molecule has 1 aromatic heterocycles. The summed E-state index contributed by atoms with van der Waals surface area (Å²) in [7, 11) is 0. The maximum atomic E-state index is 13.2. The van der Waals surface area contributed by atoms with Gasteiger partial charge >= 0.3 is 0 Å². The molecule has 0 saturated heterocycles. The fourth-order valence-electron chi connectivity index (χ4n) is 2.09. The summed E-state index contributed by atoms with van der Waals surface area (Å²) in [5.74, 6) is -0.608. The summed E-state index contributed by atoms with van der Waals surface area (Å²) in [4.78, 5) is 26.8. The van der Waals surface area contributed by atoms with Crippen LogP contribution in [-0.4, -0.2) is 10.8 Å². The van der Waals surface area contributed by atoms with Crippen molar-refractivity contribution in [1.82, 2.24) is 4.98 Å². The van der Waals surface area contributed by atoms with Gasteiger partial charge in [-0.2, -0.15) is 0 Å². The lowest BCUT2D eigenvalue weighted by Crippen LogP contribution is -2.20. The van der Waals surface area contributed by atoms with Crippen molar-refractivity contribution in [3.8, 4) is 0 Å². The van der Waals surface area contributed by atoms with Gasteiger partial charge in [-0.3, -0.25) is 9.59 Å². The van der Waals surface area contributed by atoms with Crippen LogP contribution in [0, 0.1) is 5.82 Å². The molecule has 1 N–H and O–H groups in total. The van der Waals surface area contributed by atoms with E-state index in [2.05, 4.69) is 4.98 Å². The van der Waals surface area contributed by atoms with Gasteiger partial charge in [-0.15, -0.1) is 11.3 Å². The van der Waals surface area contributed by atoms with Crippen molar-refractivity contribution in [3.63, 3.8) is 0 Å². The van der Waals surface area contributed by atoms with Gasteiger partial charge in [0.25, 0.3) is 5.56 Å². The Balaban J connectivity index is 1.98. The van der Waals surface area contributed by atoms with E-state index in [9.17, 15) is 14.0 Å². The first-order valence-corrected chi connectivity index (χ1v) is 8.19. The van der Waals surface area contributed by atoms with Gasteiger partial charge in [-0.1, -0.05) is 23.7 Å². The van der Waals surface area contributed by atoms with Crippen LogP contribution in [0.4, 0.5) is 4.39 Å². The van der Waals surface area contributed by atoms with Crippen LogP contribution in [0.3, 0.4) is 0 Å². The molecule has 0 fully saturated rings. The number of benzene rings is 2. The fraction of sp³-hybridized carbons (Fsp3) is 0. The lowest BCUT2D eigenvalue weighted by atomic mass is 10.1. The molecule has 6 heteroatoms. The minimum atomic E-state index is -0.374. The van der Waals surface area contributed by atoms with Gasteiger partial charge in [0, 0.05) is 16.7 Å². The Morgan fingerprint density at radius 3 is 2.62 bits per heavy atom. The fourth-order valence-corrected chi connectivity index (χ4v) is 3.10. The van der Waals surface area contributed by atoms with Gasteiger partial charge in [0.1, 0.15) is 5.82 Å². The number of hydrogen-bond donors (Lipinski definition) is 1. The van der Waals surface area contributed by atoms with E-state index in [1.807, 2.05) is 0 Å². The first-order valence-electron chi connectivity index (χ1n) is 6.99. The van der Waals surface area contributed by atoms with Crippen molar-refractivity contribution in [2.24, 2.45) is 0 Å². The highest BCUT2D eigenvalue weighted by Gasteiger charge is 2.03. The number of thiazole rings is 1. The molecule has 0 unspecified atom stereocenters. The Morgan fingerprint density at radius 1 is 1.17 bits per heavy atom. The molecule has 3 aromatic rings. The summed E-state index contributed by atoms with van der Waals surface area (Å²) in [6, 6.07) is 12.4. The number of Topliss-reactive ketones (excluding diaryl/α,β-unsaturated/α-hetero) is 1. The lowest BCUT2D eigenvalue weighted by molar-refractivity contribution is 0.106. The topological polar surface area (TPSA) is 49.9 Å². The molecular formula is C18H11ClFNO2S. The van der Waals surface area contributed by atoms with E-state index in [-0.39, 0.29) is 17.2 Å². The molecule has 0 aliphatic carbocycles. The molecule has 0 atom stereocenters. The molecule has 0 radical (unpaired) electrons. The number of ketones is 1. The number of nitrogens with one attached hydrogen (secondary N) is 1. The third-order valence-electron chi connectivity index (χ3n) is 3.22. The molecule has 3 nitrogen and oxygen atoms in total. The molecule has 0 aliphatic rings. The largest absolute Gasteiger partial charge is 0.313 e. The van der Waals surface area contributed by atoms with Gasteiger partial charge in [-0.25, -0.2) is 4.39 Å². The zero-order valence-electron chi connectivity index (χ0n) is 12.3. The molecule has 0 amide bonds. The molecule has 0 bridgehead atoms. The molecule has 0 spiro atoms. The Bertz CT molecular complexity index is 1070. The molecular weight excluding hydrogens is 349 g/mol. The zero-order chi connectivity index (χ0) is 17.1. The highest BCUT2D eigenvalue weighted by Crippen LogP contribution is 2.10. The number of carbonyl (C=O) groups excluding carboxylic acids is 1. The standard InChI is InChI=1S/C18H11ClFNO2S/c19-13-6-4-12(5-7-13)15(22)10-17-21-18(23)16(24-17)9-11-2-1-3-14(20)8-11/h1-10H,(H,21,23). The number of rotatable bonds is 3. The van der Waals surface area contributed by atoms with E-state index >= 15 is 0 Å². The zero-order valence-corrected chi connectivity index (χ0v) is 13.8. The van der Waals surface area contributed by atoms with Gasteiger partial charge < -0.3 is 4.98 Å². The number of halogens is 2. The van der Waals surface area contributed by atoms with Crippen LogP contribution < -0.4 is 14.8 Å². The minimum absolute atomic E-state index is 0.235. The second kappa shape index (κ2) is 6.95. The Morgan fingerprint density at radius 2 is 1.92 bits per heavy atom. The summed E-state index contributed by atoms with van der Waals surface area (Å²) in [6.07, 6.45) is 2.94. The lowest BCUT2D eigenvalue weighted by Gasteiger charge is -1.94. The Kier molecular flexibility index (Phi) is 4.74. The first-order chi connectivity index (χ1) is 11.5. The molecule has 2 aromatic carbocycles. The monoisotopic (exact) mass is 359 g/mol. The highest BCUT2D eigenvalue weighted by atomic mass is 35.5. The maximum Gasteiger partial charge on any atom is 0.266 e. The van der Waals surface area contributed by atoms with Crippen LogP contribution in [0.25, 0.3) is 12.2 Å². The normalized spacial score (nSPS) is 12.6. The number of hydrogen-bond acceptors (Lipinski definition) is 3.